The van der Waals surface area contributed by atoms with Crippen molar-refractivity contribution in [3.8, 4) is 22.8 Å². The molecule has 7 rings (SSSR count). The summed E-state index contributed by atoms with van der Waals surface area (Å²) in [6.45, 7) is 9.06. The van der Waals surface area contributed by atoms with E-state index in [1.165, 1.54) is 11.0 Å². The van der Waals surface area contributed by atoms with Gasteiger partial charge in [-0.3, -0.25) is 19.1 Å². The number of alkyl carbamates (subject to hydrolysis) is 1. The molecule has 14 nitrogen and oxygen atoms in total. The second-order valence-electron chi connectivity index (χ2n) is 16.4. The number of hydrogen-bond acceptors (Lipinski definition) is 10. The summed E-state index contributed by atoms with van der Waals surface area (Å²) in [6, 6.07) is 24.7. The Morgan fingerprint density at radius 2 is 1.69 bits per heavy atom. The van der Waals surface area contributed by atoms with Gasteiger partial charge in [-0.2, -0.15) is 0 Å². The molecule has 1 aromatic heterocycles. The Labute approximate surface area is 343 Å². The number of nitrogens with zero attached hydrogens (tertiary/aromatic N) is 2. The summed E-state index contributed by atoms with van der Waals surface area (Å²) in [5.74, 6) is -2.33. The molecular formula is C44H49N5O9S. The van der Waals surface area contributed by atoms with Crippen LogP contribution in [0, 0.1) is 17.3 Å². The van der Waals surface area contributed by atoms with Crippen LogP contribution >= 0.6 is 0 Å². The molecule has 2 heterocycles. The molecule has 59 heavy (non-hydrogen) atoms. The number of fused-ring (bicyclic) bond motifs is 1. The summed E-state index contributed by atoms with van der Waals surface area (Å²) in [7, 11) is -2.34. The van der Waals surface area contributed by atoms with Gasteiger partial charge in [0.2, 0.25) is 21.8 Å². The predicted octanol–water partition coefficient (Wildman–Crippen LogP) is 5.47. The summed E-state index contributed by atoms with van der Waals surface area (Å²) in [6.07, 6.45) is 0.781. The molecule has 2 aliphatic carbocycles. The molecule has 3 fully saturated rings. The van der Waals surface area contributed by atoms with Crippen molar-refractivity contribution in [3.63, 3.8) is 0 Å². The molecule has 0 radical (unpaired) electrons. The van der Waals surface area contributed by atoms with Crippen LogP contribution in [0.25, 0.3) is 22.2 Å². The Morgan fingerprint density at radius 3 is 2.32 bits per heavy atom. The lowest BCUT2D eigenvalue weighted by Crippen LogP contribution is -2.57. The highest BCUT2D eigenvalue weighted by Gasteiger charge is 2.61. The monoisotopic (exact) mass is 823 g/mol. The van der Waals surface area contributed by atoms with E-state index in [-0.39, 0.29) is 26.0 Å². The third-order valence-corrected chi connectivity index (χ3v) is 12.9. The minimum Gasteiger partial charge on any atom is -0.497 e. The van der Waals surface area contributed by atoms with Crippen molar-refractivity contribution in [2.45, 2.75) is 76.1 Å². The van der Waals surface area contributed by atoms with E-state index in [4.69, 9.17) is 19.2 Å². The zero-order valence-corrected chi connectivity index (χ0v) is 34.3. The molecule has 0 unspecified atom stereocenters. The van der Waals surface area contributed by atoms with E-state index in [9.17, 15) is 27.6 Å². The van der Waals surface area contributed by atoms with Crippen LogP contribution in [-0.2, 0) is 35.8 Å². The molecule has 3 N–H and O–H groups in total. The van der Waals surface area contributed by atoms with Crippen molar-refractivity contribution in [2.24, 2.45) is 17.3 Å². The first-order valence-electron chi connectivity index (χ1n) is 19.6. The van der Waals surface area contributed by atoms with E-state index in [1.807, 2.05) is 60.7 Å². The Bertz CT molecular complexity index is 2370. The zero-order chi connectivity index (χ0) is 42.1. The van der Waals surface area contributed by atoms with Gasteiger partial charge in [-0.1, -0.05) is 87.5 Å². The number of amides is 4. The van der Waals surface area contributed by atoms with E-state index in [0.29, 0.717) is 40.9 Å². The van der Waals surface area contributed by atoms with Crippen LogP contribution in [0.5, 0.6) is 11.5 Å². The quantitative estimate of drug-likeness (QED) is 0.138. The Hall–Kier alpha value is -5.96. The highest BCUT2D eigenvalue weighted by atomic mass is 32.2. The molecule has 4 aromatic rings. The second-order valence-corrected chi connectivity index (χ2v) is 18.4. The van der Waals surface area contributed by atoms with Crippen LogP contribution in [-0.4, -0.2) is 78.8 Å². The van der Waals surface area contributed by atoms with Gasteiger partial charge in [0.15, 0.2) is 6.23 Å². The first-order valence-corrected chi connectivity index (χ1v) is 21.2. The second kappa shape index (κ2) is 16.4. The highest BCUT2D eigenvalue weighted by Crippen LogP contribution is 2.46. The van der Waals surface area contributed by atoms with Crippen molar-refractivity contribution in [1.82, 2.24) is 25.2 Å². The third-order valence-electron chi connectivity index (χ3n) is 11.1. The average molecular weight is 824 g/mol. The van der Waals surface area contributed by atoms with Gasteiger partial charge < -0.3 is 29.7 Å². The number of carbonyl (C=O) groups is 4. The summed E-state index contributed by atoms with van der Waals surface area (Å²) in [5.41, 5.74) is 0.413. The molecule has 0 spiro atoms. The molecule has 2 saturated carbocycles. The summed E-state index contributed by atoms with van der Waals surface area (Å²) >= 11 is 0. The van der Waals surface area contributed by atoms with Crippen LogP contribution < -0.4 is 24.8 Å². The Kier molecular flexibility index (Phi) is 11.4. The lowest BCUT2D eigenvalue weighted by molar-refractivity contribution is -0.141. The maximum Gasteiger partial charge on any atom is 0.408 e. The van der Waals surface area contributed by atoms with Crippen molar-refractivity contribution < 1.29 is 41.8 Å². The molecular weight excluding hydrogens is 775 g/mol. The number of likely N-dealkylation sites (tertiary alicyclic amines) is 1. The maximum absolute atomic E-state index is 14.8. The normalized spacial score (nSPS) is 21.8. The molecule has 4 amide bonds. The summed E-state index contributed by atoms with van der Waals surface area (Å²) in [4.78, 5) is 62.1. The topological polar surface area (TPSA) is 182 Å². The number of rotatable bonds is 14. The van der Waals surface area contributed by atoms with Crippen molar-refractivity contribution in [3.05, 3.63) is 103 Å². The van der Waals surface area contributed by atoms with Crippen molar-refractivity contribution >= 4 is 44.7 Å². The van der Waals surface area contributed by atoms with Gasteiger partial charge in [-0.15, -0.1) is 6.58 Å². The number of carbonyl (C=O) groups excluding carboxylic acids is 4. The molecule has 310 valence electrons. The minimum atomic E-state index is -3.89. The standard InChI is InChI=1S/C44H49N5O9S/c1-6-30-24-44(30,41(52)48-59(54,55)32-18-19-32)47-39(50)29-21-37(49(25-29)40(51)38(43(2,3)4)46-42(53)57-26-27-13-9-7-10-14-27)58-36-23-34(28-15-11-8-12-16-28)45-35-22-31(56-5)17-20-33(35)36/h6-17,20,22-23,29-30,32,37-38H,1,18-19,21,24-26H2,2-5H3,(H,46,53)(H,47,50)(H,48,52)/t29-,30-,37+,38-,44-/m1/s1. The lowest BCUT2D eigenvalue weighted by Gasteiger charge is -2.35. The fraction of sp³-hybridized carbons (Fsp3) is 0.386. The van der Waals surface area contributed by atoms with Crippen molar-refractivity contribution in [1.29, 1.82) is 0 Å². The Balaban J connectivity index is 1.20. The van der Waals surface area contributed by atoms with Gasteiger partial charge in [0.25, 0.3) is 5.91 Å². The van der Waals surface area contributed by atoms with Crippen LogP contribution in [0.15, 0.2) is 97.6 Å². The van der Waals surface area contributed by atoms with Gasteiger partial charge in [-0.05, 0) is 42.4 Å². The first-order chi connectivity index (χ1) is 28.1. The molecule has 0 bridgehead atoms. The Morgan fingerprint density at radius 1 is 1.00 bits per heavy atom. The molecule has 1 aliphatic heterocycles. The number of ether oxygens (including phenoxy) is 3. The van der Waals surface area contributed by atoms with Gasteiger partial charge in [-0.25, -0.2) is 18.2 Å². The zero-order valence-electron chi connectivity index (χ0n) is 33.5. The fourth-order valence-electron chi connectivity index (χ4n) is 7.37. The average Bonchev–Trinajstić information content (AvgIpc) is 4.15. The van der Waals surface area contributed by atoms with E-state index in [0.717, 1.165) is 11.1 Å². The number of aromatic nitrogens is 1. The number of sulfonamides is 1. The van der Waals surface area contributed by atoms with Gasteiger partial charge in [0.05, 0.1) is 29.5 Å². The molecule has 1 saturated heterocycles. The molecule has 5 atom stereocenters. The number of hydrogen-bond donors (Lipinski definition) is 3. The largest absolute Gasteiger partial charge is 0.497 e. The van der Waals surface area contributed by atoms with Crippen molar-refractivity contribution in [2.75, 3.05) is 13.7 Å². The van der Waals surface area contributed by atoms with E-state index < -0.39 is 74.1 Å². The smallest absolute Gasteiger partial charge is 0.408 e. The predicted molar refractivity (Wildman–Crippen MR) is 220 cm³/mol. The first kappa shape index (κ1) is 41.2. The van der Waals surface area contributed by atoms with Crippen LogP contribution in [0.3, 0.4) is 0 Å². The molecule has 3 aliphatic rings. The SMILES string of the molecule is C=C[C@@H]1C[C@]1(NC(=O)[C@@H]1C[C@H](Oc2cc(-c3ccccc3)nc3cc(OC)ccc23)N(C(=O)[C@@H](NC(=O)OCc2ccccc2)C(C)(C)C)C1)C(=O)NS(=O)(=O)C1CC1. The van der Waals surface area contributed by atoms with Gasteiger partial charge >= 0.3 is 6.09 Å². The number of methoxy groups -OCH3 is 1. The molecule has 15 heteroatoms. The number of pyridine rings is 1. The van der Waals surface area contributed by atoms with Crippen LogP contribution in [0.1, 0.15) is 52.0 Å². The van der Waals surface area contributed by atoms with E-state index >= 15 is 0 Å². The van der Waals surface area contributed by atoms with Gasteiger partial charge in [0.1, 0.15) is 29.7 Å². The van der Waals surface area contributed by atoms with Crippen LogP contribution in [0.2, 0.25) is 0 Å². The van der Waals surface area contributed by atoms with Crippen LogP contribution in [0.4, 0.5) is 4.79 Å². The summed E-state index contributed by atoms with van der Waals surface area (Å²) in [5, 5.41) is 5.59. The van der Waals surface area contributed by atoms with Gasteiger partial charge in [0, 0.05) is 42.0 Å². The third kappa shape index (κ3) is 9.04. The number of benzene rings is 3. The number of nitrogens with one attached hydrogen (secondary N) is 3. The van der Waals surface area contributed by atoms with E-state index in [1.54, 1.807) is 52.1 Å². The maximum atomic E-state index is 14.8. The highest BCUT2D eigenvalue weighted by molar-refractivity contribution is 7.91. The lowest BCUT2D eigenvalue weighted by atomic mass is 9.86. The minimum absolute atomic E-state index is 0.00432. The van der Waals surface area contributed by atoms with E-state index in [2.05, 4.69) is 21.9 Å². The molecule has 3 aromatic carbocycles. The fourth-order valence-corrected chi connectivity index (χ4v) is 8.74. The summed E-state index contributed by atoms with van der Waals surface area (Å²) < 4.78 is 45.4.